The fraction of sp³-hybridized carbons (Fsp3) is 0.727. The third kappa shape index (κ3) is 3.27. The molecular weight excluding hydrogens is 373 g/mol. The number of fused-ring (bicyclic) bond motifs is 2. The van der Waals surface area contributed by atoms with Crippen LogP contribution in [0, 0.1) is 0 Å². The molecule has 0 radical (unpaired) electrons. The highest BCUT2D eigenvalue weighted by Gasteiger charge is 2.59. The molecule has 0 aromatic carbocycles. The Morgan fingerprint density at radius 2 is 1.93 bits per heavy atom. The molecule has 3 fully saturated rings. The predicted octanol–water partition coefficient (Wildman–Crippen LogP) is 2.42. The van der Waals surface area contributed by atoms with Gasteiger partial charge in [-0.3, -0.25) is 14.7 Å². The van der Waals surface area contributed by atoms with E-state index < -0.39 is 17.2 Å². The van der Waals surface area contributed by atoms with Gasteiger partial charge in [0, 0.05) is 36.9 Å². The van der Waals surface area contributed by atoms with E-state index in [9.17, 15) is 4.79 Å². The molecule has 6 nitrogen and oxygen atoms in total. The molecule has 158 valence electrons. The summed E-state index contributed by atoms with van der Waals surface area (Å²) in [5.41, 5.74) is -1.61. The average Bonchev–Trinajstić information content (AvgIpc) is 3.57. The van der Waals surface area contributed by atoms with E-state index in [1.807, 2.05) is 0 Å². The maximum absolute atomic E-state index is 16.1. The summed E-state index contributed by atoms with van der Waals surface area (Å²) in [4.78, 5) is 20.0. The number of carbonyl (C=O) groups is 1. The third-order valence-electron chi connectivity index (χ3n) is 7.44. The molecule has 1 unspecified atom stereocenters. The lowest BCUT2D eigenvalue weighted by Crippen LogP contribution is -2.61. The highest BCUT2D eigenvalue weighted by atomic mass is 19.1. The number of rotatable bonds is 4. The summed E-state index contributed by atoms with van der Waals surface area (Å²) in [6, 6.07) is 3.40. The van der Waals surface area contributed by atoms with Crippen LogP contribution in [-0.2, 0) is 25.5 Å². The van der Waals surface area contributed by atoms with Crippen molar-refractivity contribution in [2.24, 2.45) is 0 Å². The molecule has 1 aromatic heterocycles. The van der Waals surface area contributed by atoms with E-state index in [4.69, 9.17) is 9.47 Å². The van der Waals surface area contributed by atoms with Gasteiger partial charge in [-0.2, -0.15) is 0 Å². The summed E-state index contributed by atoms with van der Waals surface area (Å²) >= 11 is 0. The van der Waals surface area contributed by atoms with E-state index in [0.29, 0.717) is 30.8 Å². The van der Waals surface area contributed by atoms with Gasteiger partial charge in [0.1, 0.15) is 5.60 Å². The van der Waals surface area contributed by atoms with Gasteiger partial charge in [-0.1, -0.05) is 25.3 Å². The molecule has 29 heavy (non-hydrogen) atoms. The van der Waals surface area contributed by atoms with Gasteiger partial charge in [0.05, 0.1) is 25.5 Å². The van der Waals surface area contributed by atoms with Crippen LogP contribution in [0.5, 0.6) is 0 Å². The van der Waals surface area contributed by atoms with Crippen molar-refractivity contribution in [2.45, 2.75) is 61.8 Å². The Morgan fingerprint density at radius 1 is 1.17 bits per heavy atom. The lowest BCUT2D eigenvalue weighted by molar-refractivity contribution is -0.136. The normalized spacial score (nSPS) is 33.8. The standard InChI is InChI=1S/C22H30FN3O3/c23-22(9-8-21(16-29-21)18-17(22)5-4-10-24-18)19(27)25-15-20(6-2-1-3-7-20)26-11-13-28-14-12-26/h4-5,10H,1-3,6-9,11-16H2,(H,25,27)/t21?,22-/m0/s1. The molecule has 1 N–H and O–H groups in total. The van der Waals surface area contributed by atoms with Crippen LogP contribution in [0.15, 0.2) is 18.3 Å². The number of hydrogen-bond donors (Lipinski definition) is 1. The van der Waals surface area contributed by atoms with Crippen LogP contribution in [0.25, 0.3) is 0 Å². The quantitative estimate of drug-likeness (QED) is 0.782. The van der Waals surface area contributed by atoms with Crippen LogP contribution in [0.4, 0.5) is 4.39 Å². The average molecular weight is 403 g/mol. The van der Waals surface area contributed by atoms with Gasteiger partial charge in [-0.25, -0.2) is 4.39 Å². The minimum absolute atomic E-state index is 0.0820. The lowest BCUT2D eigenvalue weighted by Gasteiger charge is -2.48. The molecule has 1 aromatic rings. The lowest BCUT2D eigenvalue weighted by atomic mass is 9.76. The number of hydrogen-bond acceptors (Lipinski definition) is 5. The second kappa shape index (κ2) is 7.29. The van der Waals surface area contributed by atoms with Crippen molar-refractivity contribution < 1.29 is 18.7 Å². The Morgan fingerprint density at radius 3 is 2.66 bits per heavy atom. The van der Waals surface area contributed by atoms with Crippen LogP contribution in [0.2, 0.25) is 0 Å². The Hall–Kier alpha value is -1.57. The fourth-order valence-corrected chi connectivity index (χ4v) is 5.56. The van der Waals surface area contributed by atoms with Crippen molar-refractivity contribution >= 4 is 5.91 Å². The van der Waals surface area contributed by atoms with Crippen molar-refractivity contribution in [1.82, 2.24) is 15.2 Å². The number of alkyl halides is 1. The zero-order chi connectivity index (χ0) is 20.0. The minimum atomic E-state index is -2.04. The van der Waals surface area contributed by atoms with Gasteiger partial charge in [0.15, 0.2) is 0 Å². The molecule has 3 heterocycles. The van der Waals surface area contributed by atoms with Gasteiger partial charge in [-0.05, 0) is 31.7 Å². The van der Waals surface area contributed by atoms with Crippen LogP contribution in [-0.4, -0.2) is 60.8 Å². The summed E-state index contributed by atoms with van der Waals surface area (Å²) in [6.07, 6.45) is 7.91. The number of nitrogens with one attached hydrogen (secondary N) is 1. The third-order valence-corrected chi connectivity index (χ3v) is 7.44. The number of aromatic nitrogens is 1. The van der Waals surface area contributed by atoms with Crippen molar-refractivity contribution in [2.75, 3.05) is 39.5 Å². The first-order chi connectivity index (χ1) is 14.1. The number of epoxide rings is 1. The first-order valence-electron chi connectivity index (χ1n) is 11.0. The number of morpholine rings is 1. The number of halogens is 1. The Kier molecular flexibility index (Phi) is 4.87. The Balaban J connectivity index is 1.35. The van der Waals surface area contributed by atoms with Crippen LogP contribution < -0.4 is 5.32 Å². The Labute approximate surface area is 171 Å². The van der Waals surface area contributed by atoms with Crippen LogP contribution in [0.1, 0.15) is 56.2 Å². The van der Waals surface area contributed by atoms with Crippen LogP contribution in [0.3, 0.4) is 0 Å². The zero-order valence-electron chi connectivity index (χ0n) is 16.9. The molecule has 1 saturated carbocycles. The molecule has 5 rings (SSSR count). The number of nitrogens with zero attached hydrogens (tertiary/aromatic N) is 2. The topological polar surface area (TPSA) is 67.0 Å². The molecule has 0 bridgehead atoms. The molecule has 2 aliphatic heterocycles. The molecule has 4 aliphatic rings. The molecular formula is C22H30FN3O3. The van der Waals surface area contributed by atoms with Gasteiger partial charge in [-0.15, -0.1) is 0 Å². The smallest absolute Gasteiger partial charge is 0.262 e. The second-order valence-electron chi connectivity index (χ2n) is 9.05. The summed E-state index contributed by atoms with van der Waals surface area (Å²) in [6.45, 7) is 4.27. The van der Waals surface area contributed by atoms with E-state index in [1.54, 1.807) is 18.3 Å². The molecule has 1 amide bonds. The Bertz CT molecular complexity index is 772. The SMILES string of the molecule is O=C(NCC1(N2CCOCC2)CCCCC1)[C@]1(F)CCC2(CO2)c2ncccc21. The number of pyridine rings is 1. The van der Waals surface area contributed by atoms with E-state index in [-0.39, 0.29) is 12.0 Å². The highest BCUT2D eigenvalue weighted by molar-refractivity contribution is 5.87. The van der Waals surface area contributed by atoms with Gasteiger partial charge >= 0.3 is 0 Å². The monoisotopic (exact) mass is 403 g/mol. The number of amides is 1. The van der Waals surface area contributed by atoms with E-state index in [0.717, 1.165) is 52.0 Å². The first kappa shape index (κ1) is 19.4. The van der Waals surface area contributed by atoms with E-state index >= 15 is 4.39 Å². The van der Waals surface area contributed by atoms with Crippen LogP contribution >= 0.6 is 0 Å². The molecule has 2 atom stereocenters. The maximum Gasteiger partial charge on any atom is 0.262 e. The zero-order valence-corrected chi connectivity index (χ0v) is 16.9. The molecule has 7 heteroatoms. The maximum atomic E-state index is 16.1. The van der Waals surface area contributed by atoms with Crippen molar-refractivity contribution in [3.63, 3.8) is 0 Å². The molecule has 1 spiro atoms. The minimum Gasteiger partial charge on any atom is -0.379 e. The van der Waals surface area contributed by atoms with Crippen molar-refractivity contribution in [1.29, 1.82) is 0 Å². The van der Waals surface area contributed by atoms with Crippen molar-refractivity contribution in [3.05, 3.63) is 29.6 Å². The number of carbonyl (C=O) groups excluding carboxylic acids is 1. The number of ether oxygens (including phenoxy) is 2. The van der Waals surface area contributed by atoms with E-state index in [2.05, 4.69) is 15.2 Å². The summed E-state index contributed by atoms with van der Waals surface area (Å²) in [7, 11) is 0. The van der Waals surface area contributed by atoms with Gasteiger partial charge in [0.25, 0.3) is 5.91 Å². The summed E-state index contributed by atoms with van der Waals surface area (Å²) in [5.74, 6) is -0.527. The largest absolute Gasteiger partial charge is 0.379 e. The molecule has 2 aliphatic carbocycles. The highest BCUT2D eigenvalue weighted by Crippen LogP contribution is 2.53. The summed E-state index contributed by atoms with van der Waals surface area (Å²) in [5, 5.41) is 3.02. The fourth-order valence-electron chi connectivity index (χ4n) is 5.56. The second-order valence-corrected chi connectivity index (χ2v) is 9.05. The van der Waals surface area contributed by atoms with Crippen molar-refractivity contribution in [3.8, 4) is 0 Å². The predicted molar refractivity (Wildman–Crippen MR) is 105 cm³/mol. The van der Waals surface area contributed by atoms with Gasteiger partial charge < -0.3 is 14.8 Å². The van der Waals surface area contributed by atoms with Gasteiger partial charge in [0.2, 0.25) is 5.67 Å². The summed E-state index contributed by atoms with van der Waals surface area (Å²) < 4.78 is 27.2. The first-order valence-corrected chi connectivity index (χ1v) is 11.0. The molecule has 2 saturated heterocycles. The van der Waals surface area contributed by atoms with E-state index in [1.165, 1.54) is 6.42 Å².